The van der Waals surface area contributed by atoms with Crippen LogP contribution in [0.2, 0.25) is 5.15 Å². The minimum atomic E-state index is 0.512. The molecule has 1 heterocycles. The second kappa shape index (κ2) is 8.51. The van der Waals surface area contributed by atoms with Gasteiger partial charge in [-0.2, -0.15) is 0 Å². The topological polar surface area (TPSA) is 56.3 Å². The van der Waals surface area contributed by atoms with Gasteiger partial charge in [0.05, 0.1) is 13.2 Å². The number of methoxy groups -OCH3 is 1. The lowest BCUT2D eigenvalue weighted by Gasteiger charge is -2.11. The Labute approximate surface area is 131 Å². The predicted octanol–water partition coefficient (Wildman–Crippen LogP) is 3.17. The van der Waals surface area contributed by atoms with E-state index in [1.54, 1.807) is 7.11 Å². The van der Waals surface area contributed by atoms with E-state index < -0.39 is 0 Å². The zero-order valence-electron chi connectivity index (χ0n) is 12.8. The first-order chi connectivity index (χ1) is 10.2. The van der Waals surface area contributed by atoms with Crippen LogP contribution in [0.15, 0.2) is 0 Å². The molecular formula is C15H24ClN3O2. The molecule has 6 heteroatoms. The summed E-state index contributed by atoms with van der Waals surface area (Å²) < 4.78 is 10.4. The minimum Gasteiger partial charge on any atom is -0.382 e. The molecule has 5 nitrogen and oxygen atoms in total. The largest absolute Gasteiger partial charge is 0.382 e. The van der Waals surface area contributed by atoms with Crippen LogP contribution in [0.3, 0.4) is 0 Å². The number of hydrogen-bond donors (Lipinski definition) is 1. The van der Waals surface area contributed by atoms with Crippen molar-refractivity contribution >= 4 is 17.4 Å². The SMILES string of the molecule is COCCOCCCCNc1nc(C2CC2)nc(Cl)c1C. The highest BCUT2D eigenvalue weighted by molar-refractivity contribution is 6.30. The average molecular weight is 314 g/mol. The van der Waals surface area contributed by atoms with E-state index in [9.17, 15) is 0 Å². The van der Waals surface area contributed by atoms with Gasteiger partial charge in [0, 0.05) is 31.7 Å². The first-order valence-corrected chi connectivity index (χ1v) is 7.94. The molecule has 1 fully saturated rings. The van der Waals surface area contributed by atoms with E-state index in [1.807, 2.05) is 6.92 Å². The quantitative estimate of drug-likeness (QED) is 0.531. The van der Waals surface area contributed by atoms with Crippen LogP contribution in [0.25, 0.3) is 0 Å². The van der Waals surface area contributed by atoms with E-state index in [4.69, 9.17) is 21.1 Å². The average Bonchev–Trinajstić information content (AvgIpc) is 3.30. The van der Waals surface area contributed by atoms with Crippen LogP contribution >= 0.6 is 11.6 Å². The third-order valence-corrected chi connectivity index (χ3v) is 3.85. The fourth-order valence-corrected chi connectivity index (χ4v) is 2.16. The highest BCUT2D eigenvalue weighted by Gasteiger charge is 2.27. The monoisotopic (exact) mass is 313 g/mol. The van der Waals surface area contributed by atoms with E-state index >= 15 is 0 Å². The summed E-state index contributed by atoms with van der Waals surface area (Å²) in [6.07, 6.45) is 4.41. The van der Waals surface area contributed by atoms with Crippen molar-refractivity contribution in [3.63, 3.8) is 0 Å². The van der Waals surface area contributed by atoms with Crippen molar-refractivity contribution in [1.29, 1.82) is 0 Å². The number of nitrogens with one attached hydrogen (secondary N) is 1. The molecule has 0 aliphatic heterocycles. The molecule has 2 rings (SSSR count). The second-order valence-electron chi connectivity index (χ2n) is 5.36. The Balaban J connectivity index is 1.70. The third kappa shape index (κ3) is 5.41. The van der Waals surface area contributed by atoms with Crippen LogP contribution in [0.4, 0.5) is 5.82 Å². The first-order valence-electron chi connectivity index (χ1n) is 7.57. The van der Waals surface area contributed by atoms with Crippen molar-refractivity contribution < 1.29 is 9.47 Å². The number of ether oxygens (including phenoxy) is 2. The number of aromatic nitrogens is 2. The number of rotatable bonds is 10. The lowest BCUT2D eigenvalue weighted by atomic mass is 10.3. The summed E-state index contributed by atoms with van der Waals surface area (Å²) in [5.41, 5.74) is 0.928. The number of nitrogens with zero attached hydrogens (tertiary/aromatic N) is 2. The Hall–Kier alpha value is -0.910. The van der Waals surface area contributed by atoms with Crippen LogP contribution in [0, 0.1) is 6.92 Å². The van der Waals surface area contributed by atoms with Gasteiger partial charge < -0.3 is 14.8 Å². The van der Waals surface area contributed by atoms with Gasteiger partial charge in [-0.1, -0.05) is 11.6 Å². The maximum atomic E-state index is 6.18. The molecule has 1 aliphatic rings. The van der Waals surface area contributed by atoms with Crippen LogP contribution in [-0.2, 0) is 9.47 Å². The summed E-state index contributed by atoms with van der Waals surface area (Å²) in [6.45, 7) is 4.90. The number of unbranched alkanes of at least 4 members (excludes halogenated alkanes) is 1. The van der Waals surface area contributed by atoms with Gasteiger partial charge in [-0.25, -0.2) is 9.97 Å². The molecule has 0 aromatic carbocycles. The Morgan fingerprint density at radius 3 is 2.71 bits per heavy atom. The maximum Gasteiger partial charge on any atom is 0.137 e. The molecule has 0 unspecified atom stereocenters. The first kappa shape index (κ1) is 16.5. The van der Waals surface area contributed by atoms with Crippen LogP contribution < -0.4 is 5.32 Å². The molecule has 1 aromatic heterocycles. The lowest BCUT2D eigenvalue weighted by molar-refractivity contribution is 0.0691. The molecule has 1 N–H and O–H groups in total. The highest BCUT2D eigenvalue weighted by Crippen LogP contribution is 2.39. The molecule has 21 heavy (non-hydrogen) atoms. The summed E-state index contributed by atoms with van der Waals surface area (Å²) in [4.78, 5) is 8.96. The molecule has 0 spiro atoms. The van der Waals surface area contributed by atoms with Crippen LogP contribution in [0.5, 0.6) is 0 Å². The summed E-state index contributed by atoms with van der Waals surface area (Å²) in [5, 5.41) is 3.93. The zero-order valence-corrected chi connectivity index (χ0v) is 13.6. The Morgan fingerprint density at radius 2 is 2.00 bits per heavy atom. The molecule has 0 radical (unpaired) electrons. The van der Waals surface area contributed by atoms with Gasteiger partial charge in [0.1, 0.15) is 16.8 Å². The Bertz CT molecular complexity index is 453. The van der Waals surface area contributed by atoms with Gasteiger partial charge >= 0.3 is 0 Å². The van der Waals surface area contributed by atoms with Crippen molar-refractivity contribution in [2.24, 2.45) is 0 Å². The van der Waals surface area contributed by atoms with Crippen molar-refractivity contribution in [3.05, 3.63) is 16.5 Å². The van der Waals surface area contributed by atoms with Gasteiger partial charge in [0.2, 0.25) is 0 Å². The molecule has 0 atom stereocenters. The van der Waals surface area contributed by atoms with E-state index in [0.29, 0.717) is 24.3 Å². The molecule has 0 bridgehead atoms. The summed E-state index contributed by atoms with van der Waals surface area (Å²) >= 11 is 6.18. The highest BCUT2D eigenvalue weighted by atomic mass is 35.5. The van der Waals surface area contributed by atoms with Crippen LogP contribution in [-0.4, -0.2) is 43.4 Å². The summed E-state index contributed by atoms with van der Waals surface area (Å²) in [7, 11) is 1.68. The fraction of sp³-hybridized carbons (Fsp3) is 0.733. The van der Waals surface area contributed by atoms with Gasteiger partial charge in [-0.15, -0.1) is 0 Å². The van der Waals surface area contributed by atoms with Gasteiger partial charge in [-0.3, -0.25) is 0 Å². The molecule has 1 saturated carbocycles. The Morgan fingerprint density at radius 1 is 1.19 bits per heavy atom. The van der Waals surface area contributed by atoms with Crippen molar-refractivity contribution in [2.45, 2.75) is 38.5 Å². The standard InChI is InChI=1S/C15H24ClN3O2/c1-11-13(16)18-15(12-5-6-12)19-14(11)17-7-3-4-8-21-10-9-20-2/h12H,3-10H2,1-2H3,(H,17,18,19). The van der Waals surface area contributed by atoms with Gasteiger partial charge in [-0.05, 0) is 32.6 Å². The fourth-order valence-electron chi connectivity index (χ4n) is 1.98. The summed E-state index contributed by atoms with van der Waals surface area (Å²) in [6, 6.07) is 0. The number of anilines is 1. The van der Waals surface area contributed by atoms with E-state index in [1.165, 1.54) is 12.8 Å². The maximum absolute atomic E-state index is 6.18. The second-order valence-corrected chi connectivity index (χ2v) is 5.72. The molecule has 118 valence electrons. The number of halogens is 1. The van der Waals surface area contributed by atoms with Crippen molar-refractivity contribution in [2.75, 3.05) is 38.8 Å². The molecular weight excluding hydrogens is 290 g/mol. The van der Waals surface area contributed by atoms with Gasteiger partial charge in [0.15, 0.2) is 0 Å². The van der Waals surface area contributed by atoms with E-state index in [-0.39, 0.29) is 0 Å². The summed E-state index contributed by atoms with van der Waals surface area (Å²) in [5.74, 6) is 2.27. The smallest absolute Gasteiger partial charge is 0.137 e. The van der Waals surface area contributed by atoms with E-state index in [0.717, 1.165) is 43.2 Å². The van der Waals surface area contributed by atoms with Crippen molar-refractivity contribution in [3.8, 4) is 0 Å². The zero-order chi connectivity index (χ0) is 15.1. The van der Waals surface area contributed by atoms with Crippen molar-refractivity contribution in [1.82, 2.24) is 9.97 Å². The van der Waals surface area contributed by atoms with Gasteiger partial charge in [0.25, 0.3) is 0 Å². The Kier molecular flexibility index (Phi) is 6.67. The van der Waals surface area contributed by atoms with E-state index in [2.05, 4.69) is 15.3 Å². The normalized spacial score (nSPS) is 14.4. The molecule has 0 amide bonds. The lowest BCUT2D eigenvalue weighted by Crippen LogP contribution is -2.09. The minimum absolute atomic E-state index is 0.512. The molecule has 1 aliphatic carbocycles. The molecule has 1 aromatic rings. The predicted molar refractivity (Wildman–Crippen MR) is 84.2 cm³/mol. The third-order valence-electron chi connectivity index (χ3n) is 3.49. The number of hydrogen-bond acceptors (Lipinski definition) is 5. The van der Waals surface area contributed by atoms with Crippen LogP contribution in [0.1, 0.15) is 43.0 Å². The molecule has 0 saturated heterocycles.